The molecule has 0 amide bonds. The number of aromatic nitrogens is 4. The van der Waals surface area contributed by atoms with Crippen molar-refractivity contribution in [3.8, 4) is 0 Å². The monoisotopic (exact) mass is 427 g/mol. The lowest BCUT2D eigenvalue weighted by Crippen LogP contribution is -2.33. The lowest BCUT2D eigenvalue weighted by molar-refractivity contribution is -0.0511. The van der Waals surface area contributed by atoms with Crippen molar-refractivity contribution in [1.29, 1.82) is 0 Å². The molecular weight excluding hydrogens is 398 g/mol. The highest BCUT2D eigenvalue weighted by atomic mass is 16.6. The van der Waals surface area contributed by atoms with Gasteiger partial charge in [0.25, 0.3) is 0 Å². The molecule has 9 nitrogen and oxygen atoms in total. The highest BCUT2D eigenvalue weighted by molar-refractivity contribution is 5.82. The average Bonchev–Trinajstić information content (AvgIpc) is 3.30. The van der Waals surface area contributed by atoms with Gasteiger partial charge in [0.05, 0.1) is 19.0 Å². The topological polar surface area (TPSA) is 126 Å². The number of aliphatic hydroxyl groups excluding tert-OH is 3. The highest BCUT2D eigenvalue weighted by Gasteiger charge is 2.44. The summed E-state index contributed by atoms with van der Waals surface area (Å²) in [6, 6.07) is 8.53. The molecule has 3 heterocycles. The molecule has 4 rings (SSSR count). The molecular formula is C22H29N5O4. The molecule has 9 heteroatoms. The number of fused-ring (bicyclic) bond motifs is 1. The van der Waals surface area contributed by atoms with Gasteiger partial charge < -0.3 is 25.4 Å². The Kier molecular flexibility index (Phi) is 6.19. The van der Waals surface area contributed by atoms with Gasteiger partial charge >= 0.3 is 0 Å². The standard InChI is InChI=1S/C22H29N5O4/c1-12(2)8-14-4-6-15(7-5-14)13(3)26-20-17-21(24-10-23-20)27(11-25-17)22-19(30)18(29)16(9-28)31-22/h4-7,10-13,16,18-19,22,28-30H,8-9H2,1-3H3,(H,23,24,26)/t13?,16-,18+,19?,22-/m1/s1. The second-order valence-electron chi connectivity index (χ2n) is 8.48. The van der Waals surface area contributed by atoms with E-state index in [0.29, 0.717) is 22.9 Å². The maximum Gasteiger partial charge on any atom is 0.167 e. The summed E-state index contributed by atoms with van der Waals surface area (Å²) in [7, 11) is 0. The molecule has 0 aliphatic carbocycles. The van der Waals surface area contributed by atoms with Crippen molar-refractivity contribution in [3.63, 3.8) is 0 Å². The molecule has 1 aliphatic heterocycles. The number of hydrogen-bond donors (Lipinski definition) is 4. The van der Waals surface area contributed by atoms with E-state index in [2.05, 4.69) is 65.3 Å². The number of aliphatic hydroxyl groups is 3. The normalized spacial score (nSPS) is 24.7. The summed E-state index contributed by atoms with van der Waals surface area (Å²) >= 11 is 0. The first-order valence-corrected chi connectivity index (χ1v) is 10.5. The minimum atomic E-state index is -1.20. The van der Waals surface area contributed by atoms with Crippen LogP contribution in [-0.4, -0.2) is 59.8 Å². The minimum absolute atomic E-state index is 0.00902. The first-order valence-electron chi connectivity index (χ1n) is 10.5. The maximum atomic E-state index is 10.3. The van der Waals surface area contributed by atoms with E-state index in [4.69, 9.17) is 4.74 Å². The number of imidazole rings is 1. The van der Waals surface area contributed by atoms with Crippen molar-refractivity contribution in [3.05, 3.63) is 48.0 Å². The number of anilines is 1. The number of benzene rings is 1. The third-order valence-corrected chi connectivity index (χ3v) is 5.63. The van der Waals surface area contributed by atoms with Gasteiger partial charge in [-0.05, 0) is 30.4 Å². The Morgan fingerprint density at radius 1 is 1.06 bits per heavy atom. The van der Waals surface area contributed by atoms with Gasteiger partial charge in [-0.2, -0.15) is 0 Å². The highest BCUT2D eigenvalue weighted by Crippen LogP contribution is 2.32. The van der Waals surface area contributed by atoms with Gasteiger partial charge in [0.15, 0.2) is 23.2 Å². The molecule has 0 bridgehead atoms. The van der Waals surface area contributed by atoms with Gasteiger partial charge in [-0.1, -0.05) is 38.1 Å². The van der Waals surface area contributed by atoms with E-state index in [1.54, 1.807) is 4.57 Å². The number of nitrogens with zero attached hydrogens (tertiary/aromatic N) is 4. The number of hydrogen-bond acceptors (Lipinski definition) is 8. The van der Waals surface area contributed by atoms with Crippen LogP contribution < -0.4 is 5.32 Å². The van der Waals surface area contributed by atoms with Crippen LogP contribution in [0.5, 0.6) is 0 Å². The Hall–Kier alpha value is -2.59. The minimum Gasteiger partial charge on any atom is -0.394 e. The van der Waals surface area contributed by atoms with Crippen molar-refractivity contribution in [2.24, 2.45) is 5.92 Å². The van der Waals surface area contributed by atoms with Crippen molar-refractivity contribution in [2.45, 2.75) is 57.8 Å². The van der Waals surface area contributed by atoms with Gasteiger partial charge in [0, 0.05) is 0 Å². The van der Waals surface area contributed by atoms with Gasteiger partial charge in [0.1, 0.15) is 24.6 Å². The fraction of sp³-hybridized carbons (Fsp3) is 0.500. The van der Waals surface area contributed by atoms with Crippen LogP contribution in [0.4, 0.5) is 5.82 Å². The van der Waals surface area contributed by atoms with E-state index in [0.717, 1.165) is 12.0 Å². The lowest BCUT2D eigenvalue weighted by atomic mass is 10.00. The van der Waals surface area contributed by atoms with Crippen molar-refractivity contribution < 1.29 is 20.1 Å². The smallest absolute Gasteiger partial charge is 0.167 e. The fourth-order valence-electron chi connectivity index (χ4n) is 3.96. The second kappa shape index (κ2) is 8.88. The molecule has 1 fully saturated rings. The molecule has 0 spiro atoms. The van der Waals surface area contributed by atoms with Crippen LogP contribution >= 0.6 is 0 Å². The first kappa shape index (κ1) is 21.6. The molecule has 0 radical (unpaired) electrons. The van der Waals surface area contributed by atoms with Crippen LogP contribution in [0.15, 0.2) is 36.9 Å². The van der Waals surface area contributed by atoms with E-state index in [9.17, 15) is 15.3 Å². The van der Waals surface area contributed by atoms with Crippen LogP contribution in [0, 0.1) is 5.92 Å². The SMILES string of the molecule is CC(C)Cc1ccc(C(C)Nc2ncnc3c2ncn3[C@@H]2O[C@H](CO)[C@H](O)C2O)cc1. The number of ether oxygens (including phenoxy) is 1. The first-order chi connectivity index (χ1) is 14.9. The van der Waals surface area contributed by atoms with E-state index >= 15 is 0 Å². The Bertz CT molecular complexity index is 1020. The summed E-state index contributed by atoms with van der Waals surface area (Å²) in [5.41, 5.74) is 3.44. The lowest BCUT2D eigenvalue weighted by Gasteiger charge is -2.17. The Balaban J connectivity index is 1.56. The predicted octanol–water partition coefficient (Wildman–Crippen LogP) is 1.81. The molecule has 0 saturated carbocycles. The third-order valence-electron chi connectivity index (χ3n) is 5.63. The van der Waals surface area contributed by atoms with Crippen LogP contribution in [0.25, 0.3) is 11.2 Å². The maximum absolute atomic E-state index is 10.3. The van der Waals surface area contributed by atoms with Crippen molar-refractivity contribution in [2.75, 3.05) is 11.9 Å². The van der Waals surface area contributed by atoms with Gasteiger partial charge in [-0.3, -0.25) is 4.57 Å². The van der Waals surface area contributed by atoms with Crippen molar-refractivity contribution >= 4 is 17.0 Å². The molecule has 31 heavy (non-hydrogen) atoms. The molecule has 166 valence electrons. The third kappa shape index (κ3) is 4.27. The van der Waals surface area contributed by atoms with Gasteiger partial charge in [0.2, 0.25) is 0 Å². The number of nitrogens with one attached hydrogen (secondary N) is 1. The van der Waals surface area contributed by atoms with E-state index < -0.39 is 31.1 Å². The average molecular weight is 428 g/mol. The molecule has 2 aromatic heterocycles. The van der Waals surface area contributed by atoms with E-state index in [1.165, 1.54) is 18.2 Å². The molecule has 3 aromatic rings. The van der Waals surface area contributed by atoms with Crippen molar-refractivity contribution in [1.82, 2.24) is 19.5 Å². The van der Waals surface area contributed by atoms with Crippen LogP contribution in [-0.2, 0) is 11.2 Å². The molecule has 4 N–H and O–H groups in total. The number of rotatable bonds is 7. The van der Waals surface area contributed by atoms with Crippen LogP contribution in [0.1, 0.15) is 44.2 Å². The zero-order valence-corrected chi connectivity index (χ0v) is 17.9. The second-order valence-corrected chi connectivity index (χ2v) is 8.48. The largest absolute Gasteiger partial charge is 0.394 e. The summed E-state index contributed by atoms with van der Waals surface area (Å²) in [5.74, 6) is 1.18. The zero-order chi connectivity index (χ0) is 22.1. The summed E-state index contributed by atoms with van der Waals surface area (Å²) in [5, 5.41) is 33.1. The predicted molar refractivity (Wildman–Crippen MR) is 115 cm³/mol. The Morgan fingerprint density at radius 2 is 1.81 bits per heavy atom. The molecule has 1 aliphatic rings. The van der Waals surface area contributed by atoms with E-state index in [-0.39, 0.29) is 6.04 Å². The summed E-state index contributed by atoms with van der Waals surface area (Å²) in [4.78, 5) is 13.0. The Morgan fingerprint density at radius 3 is 2.45 bits per heavy atom. The molecule has 1 aromatic carbocycles. The zero-order valence-electron chi connectivity index (χ0n) is 17.9. The van der Waals surface area contributed by atoms with E-state index in [1.807, 2.05) is 0 Å². The summed E-state index contributed by atoms with van der Waals surface area (Å²) in [6.07, 6.45) is -0.192. The van der Waals surface area contributed by atoms with Gasteiger partial charge in [-0.15, -0.1) is 0 Å². The molecule has 1 saturated heterocycles. The van der Waals surface area contributed by atoms with Crippen LogP contribution in [0.3, 0.4) is 0 Å². The summed E-state index contributed by atoms with van der Waals surface area (Å²) < 4.78 is 7.16. The summed E-state index contributed by atoms with van der Waals surface area (Å²) in [6.45, 7) is 6.07. The quantitative estimate of drug-likeness (QED) is 0.450. The fourth-order valence-corrected chi connectivity index (χ4v) is 3.96. The van der Waals surface area contributed by atoms with Crippen LogP contribution in [0.2, 0.25) is 0 Å². The van der Waals surface area contributed by atoms with Gasteiger partial charge in [-0.25, -0.2) is 15.0 Å². The molecule has 5 atom stereocenters. The Labute approximate surface area is 180 Å². The molecule has 2 unspecified atom stereocenters.